The molecule has 0 spiro atoms. The molecule has 0 aromatic carbocycles. The van der Waals surface area contributed by atoms with Gasteiger partial charge < -0.3 is 10.2 Å². The van der Waals surface area contributed by atoms with Crippen LogP contribution in [-0.2, 0) is 6.54 Å². The molecule has 2 heterocycles. The quantitative estimate of drug-likeness (QED) is 0.813. The van der Waals surface area contributed by atoms with Gasteiger partial charge in [-0.15, -0.1) is 0 Å². The van der Waals surface area contributed by atoms with Crippen molar-refractivity contribution in [2.75, 3.05) is 25.0 Å². The number of aromatic nitrogens is 1. The first-order valence-electron chi connectivity index (χ1n) is 5.65. The molecular weight excluding hydrogens is 186 g/mol. The summed E-state index contributed by atoms with van der Waals surface area (Å²) in [6.07, 6.45) is 1.29. The largest absolute Gasteiger partial charge is 0.356 e. The van der Waals surface area contributed by atoms with E-state index in [4.69, 9.17) is 0 Å². The molecule has 1 aliphatic rings. The van der Waals surface area contributed by atoms with Crippen molar-refractivity contribution in [2.24, 2.45) is 5.92 Å². The Kier molecular flexibility index (Phi) is 3.21. The minimum atomic E-state index is 0.805. The van der Waals surface area contributed by atoms with Gasteiger partial charge in [0.1, 0.15) is 5.82 Å². The molecule has 1 fully saturated rings. The van der Waals surface area contributed by atoms with E-state index in [9.17, 15) is 0 Å². The monoisotopic (exact) mass is 205 g/mol. The Morgan fingerprint density at radius 3 is 3.07 bits per heavy atom. The summed E-state index contributed by atoms with van der Waals surface area (Å²) in [4.78, 5) is 7.02. The van der Waals surface area contributed by atoms with Crippen LogP contribution in [0, 0.1) is 5.92 Å². The molecule has 1 saturated heterocycles. The van der Waals surface area contributed by atoms with E-state index in [0.717, 1.165) is 37.1 Å². The number of pyridine rings is 1. The first-order valence-corrected chi connectivity index (χ1v) is 5.65. The highest BCUT2D eigenvalue weighted by Crippen LogP contribution is 2.21. The zero-order valence-electron chi connectivity index (χ0n) is 9.53. The van der Waals surface area contributed by atoms with E-state index in [2.05, 4.69) is 40.3 Å². The Balaban J connectivity index is 2.10. The van der Waals surface area contributed by atoms with Crippen molar-refractivity contribution in [1.82, 2.24) is 10.3 Å². The lowest BCUT2D eigenvalue weighted by atomic mass is 10.2. The summed E-state index contributed by atoms with van der Waals surface area (Å²) in [7, 11) is 1.95. The number of anilines is 1. The molecule has 1 aliphatic heterocycles. The summed E-state index contributed by atoms with van der Waals surface area (Å²) in [5, 5.41) is 3.13. The lowest BCUT2D eigenvalue weighted by Crippen LogP contribution is -2.21. The fourth-order valence-electron chi connectivity index (χ4n) is 2.07. The molecule has 0 aliphatic carbocycles. The van der Waals surface area contributed by atoms with Crippen LogP contribution in [0.3, 0.4) is 0 Å². The van der Waals surface area contributed by atoms with Crippen LogP contribution >= 0.6 is 0 Å². The lowest BCUT2D eigenvalue weighted by Gasteiger charge is -2.17. The van der Waals surface area contributed by atoms with E-state index in [-0.39, 0.29) is 0 Å². The minimum absolute atomic E-state index is 0.805. The highest BCUT2D eigenvalue weighted by molar-refractivity contribution is 5.40. The van der Waals surface area contributed by atoms with Crippen molar-refractivity contribution in [3.8, 4) is 0 Å². The predicted octanol–water partition coefficient (Wildman–Crippen LogP) is 1.65. The first-order chi connectivity index (χ1) is 7.29. The van der Waals surface area contributed by atoms with Gasteiger partial charge in [-0.25, -0.2) is 4.98 Å². The fraction of sp³-hybridized carbons (Fsp3) is 0.583. The maximum Gasteiger partial charge on any atom is 0.128 e. The molecule has 1 aromatic rings. The normalized spacial score (nSPS) is 20.9. The Morgan fingerprint density at radius 1 is 1.53 bits per heavy atom. The van der Waals surface area contributed by atoms with Crippen molar-refractivity contribution in [1.29, 1.82) is 0 Å². The molecule has 1 aromatic heterocycles. The van der Waals surface area contributed by atoms with Crippen LogP contribution in [0.1, 0.15) is 19.0 Å². The van der Waals surface area contributed by atoms with Crippen LogP contribution in [0.15, 0.2) is 18.2 Å². The third kappa shape index (κ3) is 2.48. The van der Waals surface area contributed by atoms with Crippen LogP contribution in [0.4, 0.5) is 5.82 Å². The van der Waals surface area contributed by atoms with Crippen LogP contribution in [0.25, 0.3) is 0 Å². The average Bonchev–Trinajstić information content (AvgIpc) is 2.66. The first kappa shape index (κ1) is 10.4. The van der Waals surface area contributed by atoms with Gasteiger partial charge in [0, 0.05) is 19.6 Å². The Morgan fingerprint density at radius 2 is 2.40 bits per heavy atom. The summed E-state index contributed by atoms with van der Waals surface area (Å²) in [6.45, 7) is 5.45. The minimum Gasteiger partial charge on any atom is -0.356 e. The average molecular weight is 205 g/mol. The molecule has 2 rings (SSSR count). The van der Waals surface area contributed by atoms with Gasteiger partial charge in [-0.1, -0.05) is 13.0 Å². The van der Waals surface area contributed by atoms with E-state index >= 15 is 0 Å². The number of hydrogen-bond acceptors (Lipinski definition) is 3. The van der Waals surface area contributed by atoms with Gasteiger partial charge in [-0.05, 0) is 31.5 Å². The van der Waals surface area contributed by atoms with Crippen LogP contribution < -0.4 is 10.2 Å². The number of hydrogen-bond donors (Lipinski definition) is 1. The molecular formula is C12H19N3. The molecule has 15 heavy (non-hydrogen) atoms. The fourth-order valence-corrected chi connectivity index (χ4v) is 2.07. The van der Waals surface area contributed by atoms with E-state index in [1.165, 1.54) is 6.42 Å². The number of nitrogens with zero attached hydrogens (tertiary/aromatic N) is 2. The highest BCUT2D eigenvalue weighted by atomic mass is 15.2. The summed E-state index contributed by atoms with van der Waals surface area (Å²) in [5.74, 6) is 1.94. The van der Waals surface area contributed by atoms with Gasteiger partial charge in [-0.2, -0.15) is 0 Å². The Bertz CT molecular complexity index is 324. The number of rotatable bonds is 3. The van der Waals surface area contributed by atoms with E-state index in [1.807, 2.05) is 7.05 Å². The molecule has 0 saturated carbocycles. The molecule has 82 valence electrons. The van der Waals surface area contributed by atoms with Crippen LogP contribution in [-0.4, -0.2) is 25.1 Å². The van der Waals surface area contributed by atoms with Crippen molar-refractivity contribution in [3.05, 3.63) is 23.9 Å². The topological polar surface area (TPSA) is 28.2 Å². The molecule has 3 nitrogen and oxygen atoms in total. The van der Waals surface area contributed by atoms with E-state index in [0.29, 0.717) is 0 Å². The molecule has 1 unspecified atom stereocenters. The van der Waals surface area contributed by atoms with E-state index in [1.54, 1.807) is 0 Å². The van der Waals surface area contributed by atoms with Gasteiger partial charge in [0.05, 0.1) is 5.69 Å². The van der Waals surface area contributed by atoms with Gasteiger partial charge in [-0.3, -0.25) is 0 Å². The third-order valence-electron chi connectivity index (χ3n) is 2.90. The zero-order valence-corrected chi connectivity index (χ0v) is 9.53. The van der Waals surface area contributed by atoms with Crippen LogP contribution in [0.2, 0.25) is 0 Å². The molecule has 3 heteroatoms. The second-order valence-corrected chi connectivity index (χ2v) is 4.36. The van der Waals surface area contributed by atoms with Crippen molar-refractivity contribution >= 4 is 5.82 Å². The van der Waals surface area contributed by atoms with Crippen molar-refractivity contribution in [2.45, 2.75) is 19.9 Å². The van der Waals surface area contributed by atoms with Gasteiger partial charge in [0.2, 0.25) is 0 Å². The Labute approximate surface area is 91.5 Å². The summed E-state index contributed by atoms with van der Waals surface area (Å²) in [5.41, 5.74) is 1.12. The highest BCUT2D eigenvalue weighted by Gasteiger charge is 2.19. The maximum atomic E-state index is 4.64. The second-order valence-electron chi connectivity index (χ2n) is 4.36. The van der Waals surface area contributed by atoms with Crippen LogP contribution in [0.5, 0.6) is 0 Å². The summed E-state index contributed by atoms with van der Waals surface area (Å²) < 4.78 is 0. The molecule has 1 N–H and O–H groups in total. The molecule has 0 bridgehead atoms. The predicted molar refractivity (Wildman–Crippen MR) is 63.0 cm³/mol. The third-order valence-corrected chi connectivity index (χ3v) is 2.90. The Hall–Kier alpha value is -1.09. The lowest BCUT2D eigenvalue weighted by molar-refractivity contribution is 0.658. The molecule has 1 atom stereocenters. The van der Waals surface area contributed by atoms with Gasteiger partial charge >= 0.3 is 0 Å². The zero-order chi connectivity index (χ0) is 10.7. The molecule has 0 radical (unpaired) electrons. The SMILES string of the molecule is CNCc1cccc(N2CCC(C)C2)n1. The standard InChI is InChI=1S/C12H19N3/c1-10-6-7-15(9-10)12-5-3-4-11(14-12)8-13-2/h3-5,10,13H,6-9H2,1-2H3. The van der Waals surface area contributed by atoms with Gasteiger partial charge in [0.25, 0.3) is 0 Å². The summed E-state index contributed by atoms with van der Waals surface area (Å²) >= 11 is 0. The maximum absolute atomic E-state index is 4.64. The second kappa shape index (κ2) is 4.62. The number of nitrogens with one attached hydrogen (secondary N) is 1. The summed E-state index contributed by atoms with van der Waals surface area (Å²) in [6, 6.07) is 6.27. The van der Waals surface area contributed by atoms with Gasteiger partial charge in [0.15, 0.2) is 0 Å². The van der Waals surface area contributed by atoms with Crippen molar-refractivity contribution < 1.29 is 0 Å². The van der Waals surface area contributed by atoms with E-state index < -0.39 is 0 Å². The molecule has 0 amide bonds. The smallest absolute Gasteiger partial charge is 0.128 e. The van der Waals surface area contributed by atoms with Crippen molar-refractivity contribution in [3.63, 3.8) is 0 Å².